The third kappa shape index (κ3) is 5.80. The van der Waals surface area contributed by atoms with Gasteiger partial charge in [0.2, 0.25) is 0 Å². The zero-order valence-corrected chi connectivity index (χ0v) is 10.9. The Morgan fingerprint density at radius 1 is 1.22 bits per heavy atom. The van der Waals surface area contributed by atoms with Gasteiger partial charge in [0.25, 0.3) is 0 Å². The Balaban J connectivity index is 2.07. The molecule has 1 aromatic rings. The third-order valence-corrected chi connectivity index (χ3v) is 2.33. The maximum absolute atomic E-state index is 11.2. The van der Waals surface area contributed by atoms with Crippen LogP contribution in [0.2, 0.25) is 0 Å². The largest absolute Gasteiger partial charge is 0.464 e. The van der Waals surface area contributed by atoms with Gasteiger partial charge in [-0.2, -0.15) is 0 Å². The minimum Gasteiger partial charge on any atom is -0.464 e. The fourth-order valence-corrected chi connectivity index (χ4v) is 1.38. The highest BCUT2D eigenvalue weighted by atomic mass is 16.6. The van der Waals surface area contributed by atoms with Gasteiger partial charge in [-0.05, 0) is 19.4 Å². The monoisotopic (exact) mass is 252 g/mol. The maximum atomic E-state index is 11.2. The molecule has 1 rings (SSSR count). The van der Waals surface area contributed by atoms with Gasteiger partial charge in [0.1, 0.15) is 0 Å². The molecule has 0 saturated heterocycles. The quantitative estimate of drug-likeness (QED) is 0.525. The molecule has 100 valence electrons. The van der Waals surface area contributed by atoms with Crippen molar-refractivity contribution in [2.75, 3.05) is 19.8 Å². The molecule has 0 heterocycles. The van der Waals surface area contributed by atoms with E-state index in [2.05, 4.69) is 0 Å². The number of carbonyl (C=O) groups is 1. The Hall–Kier alpha value is -1.39. The van der Waals surface area contributed by atoms with Crippen molar-refractivity contribution < 1.29 is 19.0 Å². The van der Waals surface area contributed by atoms with Crippen molar-refractivity contribution in [1.29, 1.82) is 0 Å². The highest BCUT2D eigenvalue weighted by Crippen LogP contribution is 2.00. The first-order valence-electron chi connectivity index (χ1n) is 6.14. The van der Waals surface area contributed by atoms with Gasteiger partial charge in [-0.1, -0.05) is 30.3 Å². The highest BCUT2D eigenvalue weighted by molar-refractivity contribution is 5.74. The molecule has 4 heteroatoms. The van der Waals surface area contributed by atoms with Gasteiger partial charge in [0.05, 0.1) is 26.4 Å². The van der Waals surface area contributed by atoms with Crippen LogP contribution in [0.15, 0.2) is 30.3 Å². The fraction of sp³-hybridized carbons (Fsp3) is 0.500. The first-order chi connectivity index (χ1) is 8.74. The van der Waals surface area contributed by atoms with E-state index in [1.54, 1.807) is 13.8 Å². The first kappa shape index (κ1) is 14.7. The Morgan fingerprint density at radius 2 is 1.94 bits per heavy atom. The molecule has 0 fully saturated rings. The van der Waals surface area contributed by atoms with E-state index in [9.17, 15) is 4.79 Å². The lowest BCUT2D eigenvalue weighted by molar-refractivity contribution is -0.156. The molecule has 0 N–H and O–H groups in total. The Morgan fingerprint density at radius 3 is 2.61 bits per heavy atom. The fourth-order valence-electron chi connectivity index (χ4n) is 1.38. The van der Waals surface area contributed by atoms with Gasteiger partial charge in [0, 0.05) is 0 Å². The lowest BCUT2D eigenvalue weighted by atomic mass is 10.2. The SMILES string of the molecule is CCOC(=O)C(C)OCCOCc1ccccc1. The van der Waals surface area contributed by atoms with Gasteiger partial charge in [-0.25, -0.2) is 4.79 Å². The van der Waals surface area contributed by atoms with Crippen LogP contribution in [0.3, 0.4) is 0 Å². The van der Waals surface area contributed by atoms with E-state index in [1.165, 1.54) is 0 Å². The van der Waals surface area contributed by atoms with E-state index < -0.39 is 6.10 Å². The summed E-state index contributed by atoms with van der Waals surface area (Å²) in [6.07, 6.45) is -0.537. The molecule has 18 heavy (non-hydrogen) atoms. The van der Waals surface area contributed by atoms with Crippen LogP contribution in [0.25, 0.3) is 0 Å². The van der Waals surface area contributed by atoms with Crippen LogP contribution in [0.4, 0.5) is 0 Å². The van der Waals surface area contributed by atoms with E-state index in [4.69, 9.17) is 14.2 Å². The molecule has 0 spiro atoms. The van der Waals surface area contributed by atoms with E-state index >= 15 is 0 Å². The topological polar surface area (TPSA) is 44.8 Å². The summed E-state index contributed by atoms with van der Waals surface area (Å²) in [6, 6.07) is 9.91. The lowest BCUT2D eigenvalue weighted by Crippen LogP contribution is -2.24. The van der Waals surface area contributed by atoms with E-state index in [-0.39, 0.29) is 5.97 Å². The molecule has 0 amide bonds. The molecule has 1 atom stereocenters. The molecule has 0 bridgehead atoms. The molecule has 1 unspecified atom stereocenters. The third-order valence-electron chi connectivity index (χ3n) is 2.33. The van der Waals surface area contributed by atoms with Crippen LogP contribution in [0.1, 0.15) is 19.4 Å². The molecular formula is C14H20O4. The van der Waals surface area contributed by atoms with Crippen molar-refractivity contribution in [3.63, 3.8) is 0 Å². The number of ether oxygens (including phenoxy) is 3. The summed E-state index contributed by atoms with van der Waals surface area (Å²) in [4.78, 5) is 11.2. The Bertz CT molecular complexity index is 337. The zero-order chi connectivity index (χ0) is 13.2. The zero-order valence-electron chi connectivity index (χ0n) is 10.9. The smallest absolute Gasteiger partial charge is 0.334 e. The van der Waals surface area contributed by atoms with Gasteiger partial charge >= 0.3 is 5.97 Å². The van der Waals surface area contributed by atoms with Gasteiger partial charge < -0.3 is 14.2 Å². The van der Waals surface area contributed by atoms with Crippen molar-refractivity contribution in [3.05, 3.63) is 35.9 Å². The molecule has 0 aliphatic heterocycles. The number of benzene rings is 1. The number of rotatable bonds is 8. The summed E-state index contributed by atoms with van der Waals surface area (Å²) in [7, 11) is 0. The second-order valence-corrected chi connectivity index (χ2v) is 3.80. The van der Waals surface area contributed by atoms with Gasteiger partial charge in [0.15, 0.2) is 6.10 Å². The van der Waals surface area contributed by atoms with E-state index in [0.717, 1.165) is 5.56 Å². The number of hydrogen-bond acceptors (Lipinski definition) is 4. The summed E-state index contributed by atoms with van der Waals surface area (Å²) in [5.41, 5.74) is 1.12. The van der Waals surface area contributed by atoms with Crippen LogP contribution >= 0.6 is 0 Å². The molecule has 0 radical (unpaired) electrons. The molecule has 0 aromatic heterocycles. The molecule has 0 saturated carbocycles. The molecule has 4 nitrogen and oxygen atoms in total. The van der Waals surface area contributed by atoms with Crippen molar-refractivity contribution >= 4 is 5.97 Å². The number of carbonyl (C=O) groups excluding carboxylic acids is 1. The van der Waals surface area contributed by atoms with E-state index in [1.807, 2.05) is 30.3 Å². The summed E-state index contributed by atoms with van der Waals surface area (Å²) < 4.78 is 15.6. The summed E-state index contributed by atoms with van der Waals surface area (Å²) in [5.74, 6) is -0.333. The molecule has 1 aromatic carbocycles. The standard InChI is InChI=1S/C14H20O4/c1-3-17-14(15)12(2)18-10-9-16-11-13-7-5-4-6-8-13/h4-8,12H,3,9-11H2,1-2H3. The summed E-state index contributed by atoms with van der Waals surface area (Å²) >= 11 is 0. The number of hydrogen-bond donors (Lipinski definition) is 0. The molecule has 0 aliphatic rings. The highest BCUT2D eigenvalue weighted by Gasteiger charge is 2.13. The normalized spacial score (nSPS) is 12.1. The van der Waals surface area contributed by atoms with Crippen LogP contribution < -0.4 is 0 Å². The summed E-state index contributed by atoms with van der Waals surface area (Å²) in [5, 5.41) is 0. The minimum absolute atomic E-state index is 0.333. The molecule has 0 aliphatic carbocycles. The molecular weight excluding hydrogens is 232 g/mol. The predicted molar refractivity (Wildman–Crippen MR) is 68.1 cm³/mol. The second-order valence-electron chi connectivity index (χ2n) is 3.80. The Kier molecular flexibility index (Phi) is 7.06. The lowest BCUT2D eigenvalue weighted by Gasteiger charge is -2.11. The van der Waals surface area contributed by atoms with Crippen LogP contribution in [0, 0.1) is 0 Å². The maximum Gasteiger partial charge on any atom is 0.334 e. The Labute approximate surface area is 108 Å². The van der Waals surface area contributed by atoms with E-state index in [0.29, 0.717) is 26.4 Å². The van der Waals surface area contributed by atoms with Crippen molar-refractivity contribution in [1.82, 2.24) is 0 Å². The van der Waals surface area contributed by atoms with Gasteiger partial charge in [-0.15, -0.1) is 0 Å². The van der Waals surface area contributed by atoms with Crippen LogP contribution in [0.5, 0.6) is 0 Å². The second kappa shape index (κ2) is 8.66. The minimum atomic E-state index is -0.537. The number of esters is 1. The van der Waals surface area contributed by atoms with Crippen molar-refractivity contribution in [2.24, 2.45) is 0 Å². The summed E-state index contributed by atoms with van der Waals surface area (Å²) in [6.45, 7) is 5.21. The van der Waals surface area contributed by atoms with Crippen molar-refractivity contribution in [3.8, 4) is 0 Å². The van der Waals surface area contributed by atoms with Crippen molar-refractivity contribution in [2.45, 2.75) is 26.6 Å². The average molecular weight is 252 g/mol. The first-order valence-corrected chi connectivity index (χ1v) is 6.14. The van der Waals surface area contributed by atoms with Gasteiger partial charge in [-0.3, -0.25) is 0 Å². The van der Waals surface area contributed by atoms with Crippen LogP contribution in [-0.2, 0) is 25.6 Å². The average Bonchev–Trinajstić information content (AvgIpc) is 2.39. The predicted octanol–water partition coefficient (Wildman–Crippen LogP) is 2.17. The van der Waals surface area contributed by atoms with Crippen LogP contribution in [-0.4, -0.2) is 31.9 Å².